The zero-order valence-electron chi connectivity index (χ0n) is 12.1. The van der Waals surface area contributed by atoms with Gasteiger partial charge in [-0.2, -0.15) is 0 Å². The molecule has 1 aliphatic rings. The minimum absolute atomic E-state index is 0.0878. The Morgan fingerprint density at radius 3 is 2.91 bits per heavy atom. The van der Waals surface area contributed by atoms with Gasteiger partial charge in [0.05, 0.1) is 13.2 Å². The Morgan fingerprint density at radius 1 is 1.27 bits per heavy atom. The molecule has 114 valence electrons. The van der Waals surface area contributed by atoms with E-state index in [1.807, 2.05) is 12.1 Å². The summed E-state index contributed by atoms with van der Waals surface area (Å²) in [5.74, 6) is 0.345. The predicted molar refractivity (Wildman–Crippen MR) is 80.3 cm³/mol. The highest BCUT2D eigenvalue weighted by atomic mass is 16.5. The molecule has 22 heavy (non-hydrogen) atoms. The Morgan fingerprint density at radius 2 is 2.14 bits per heavy atom. The summed E-state index contributed by atoms with van der Waals surface area (Å²) in [7, 11) is 0. The third kappa shape index (κ3) is 3.56. The number of hydrogen-bond donors (Lipinski definition) is 1. The zero-order valence-corrected chi connectivity index (χ0v) is 12.1. The first kappa shape index (κ1) is 14.4. The predicted octanol–water partition coefficient (Wildman–Crippen LogP) is 0.956. The smallest absolute Gasteiger partial charge is 0.272 e. The molecule has 1 saturated heterocycles. The van der Waals surface area contributed by atoms with Gasteiger partial charge in [0.15, 0.2) is 0 Å². The van der Waals surface area contributed by atoms with Gasteiger partial charge in [-0.05, 0) is 17.7 Å². The van der Waals surface area contributed by atoms with Crippen LogP contribution in [0.3, 0.4) is 0 Å². The Bertz CT molecular complexity index is 629. The maximum Gasteiger partial charge on any atom is 0.272 e. The van der Waals surface area contributed by atoms with Crippen LogP contribution < -0.4 is 5.32 Å². The van der Waals surface area contributed by atoms with E-state index < -0.39 is 0 Å². The fourth-order valence-corrected chi connectivity index (χ4v) is 2.18. The molecule has 0 saturated carbocycles. The molecular formula is C15H17N5O2. The molecule has 0 unspecified atom stereocenters. The van der Waals surface area contributed by atoms with Crippen LogP contribution in [0, 0.1) is 0 Å². The molecule has 1 fully saturated rings. The second-order valence-electron chi connectivity index (χ2n) is 4.88. The Hall–Kier alpha value is -2.54. The third-order valence-electron chi connectivity index (χ3n) is 3.35. The molecule has 0 radical (unpaired) electrons. The number of amides is 1. The number of nitrogens with one attached hydrogen (secondary N) is 1. The van der Waals surface area contributed by atoms with Gasteiger partial charge in [0, 0.05) is 38.2 Å². The van der Waals surface area contributed by atoms with Gasteiger partial charge in [-0.1, -0.05) is 6.07 Å². The number of carbonyl (C=O) groups excluding carboxylic acids is 1. The van der Waals surface area contributed by atoms with E-state index in [0.717, 1.165) is 5.56 Å². The number of carbonyl (C=O) groups is 1. The van der Waals surface area contributed by atoms with Crippen molar-refractivity contribution in [2.45, 2.75) is 6.54 Å². The molecule has 1 amide bonds. The van der Waals surface area contributed by atoms with Gasteiger partial charge in [-0.15, -0.1) is 0 Å². The molecule has 0 spiro atoms. The number of anilines is 1. The molecule has 0 aromatic carbocycles. The Balaban J connectivity index is 1.65. The van der Waals surface area contributed by atoms with Crippen LogP contribution in [0.15, 0.2) is 36.8 Å². The van der Waals surface area contributed by atoms with Crippen molar-refractivity contribution in [3.8, 4) is 0 Å². The highest BCUT2D eigenvalue weighted by Gasteiger charge is 2.19. The molecule has 0 atom stereocenters. The second kappa shape index (κ2) is 6.95. The van der Waals surface area contributed by atoms with Crippen LogP contribution in [0.25, 0.3) is 0 Å². The van der Waals surface area contributed by atoms with Gasteiger partial charge in [0.2, 0.25) is 5.95 Å². The lowest BCUT2D eigenvalue weighted by molar-refractivity contribution is 0.0299. The van der Waals surface area contributed by atoms with Crippen molar-refractivity contribution in [3.63, 3.8) is 0 Å². The first-order valence-corrected chi connectivity index (χ1v) is 7.16. The minimum Gasteiger partial charge on any atom is -0.378 e. The van der Waals surface area contributed by atoms with Crippen molar-refractivity contribution >= 4 is 11.9 Å². The number of morpholine rings is 1. The molecule has 1 N–H and O–H groups in total. The molecule has 3 heterocycles. The van der Waals surface area contributed by atoms with E-state index in [4.69, 9.17) is 4.74 Å². The molecule has 2 aromatic heterocycles. The number of aromatic nitrogens is 3. The molecule has 7 heteroatoms. The molecule has 0 bridgehead atoms. The van der Waals surface area contributed by atoms with Crippen LogP contribution in [-0.2, 0) is 11.3 Å². The van der Waals surface area contributed by atoms with Crippen molar-refractivity contribution in [1.82, 2.24) is 19.9 Å². The van der Waals surface area contributed by atoms with Gasteiger partial charge in [0.25, 0.3) is 5.91 Å². The van der Waals surface area contributed by atoms with Crippen LogP contribution in [0.5, 0.6) is 0 Å². The summed E-state index contributed by atoms with van der Waals surface area (Å²) in [5, 5.41) is 3.10. The van der Waals surface area contributed by atoms with Crippen LogP contribution in [0.1, 0.15) is 16.1 Å². The van der Waals surface area contributed by atoms with Crippen LogP contribution in [-0.4, -0.2) is 52.1 Å². The van der Waals surface area contributed by atoms with Crippen molar-refractivity contribution in [2.24, 2.45) is 0 Å². The summed E-state index contributed by atoms with van der Waals surface area (Å²) in [6.07, 6.45) is 5.09. The van der Waals surface area contributed by atoms with Crippen LogP contribution in [0.4, 0.5) is 5.95 Å². The summed E-state index contributed by atoms with van der Waals surface area (Å²) >= 11 is 0. The molecule has 7 nitrogen and oxygen atoms in total. The normalized spacial score (nSPS) is 14.6. The molecule has 3 rings (SSSR count). The topological polar surface area (TPSA) is 80.2 Å². The minimum atomic E-state index is -0.0878. The van der Waals surface area contributed by atoms with Crippen molar-refractivity contribution < 1.29 is 9.53 Å². The van der Waals surface area contributed by atoms with Gasteiger partial charge in [0.1, 0.15) is 5.69 Å². The standard InChI is InChI=1S/C15H17N5O2/c21-14(20-6-8-22-9-7-20)13-3-5-17-15(19-13)18-11-12-2-1-4-16-10-12/h1-5,10H,6-9,11H2,(H,17,18,19). The lowest BCUT2D eigenvalue weighted by atomic mass is 10.3. The summed E-state index contributed by atoms with van der Waals surface area (Å²) in [6, 6.07) is 5.46. The Kier molecular flexibility index (Phi) is 4.55. The SMILES string of the molecule is O=C(c1ccnc(NCc2cccnc2)n1)N1CCOCC1. The highest BCUT2D eigenvalue weighted by Crippen LogP contribution is 2.08. The van der Waals surface area contributed by atoms with Crippen LogP contribution >= 0.6 is 0 Å². The second-order valence-corrected chi connectivity index (χ2v) is 4.88. The Labute approximate surface area is 128 Å². The fourth-order valence-electron chi connectivity index (χ4n) is 2.18. The average Bonchev–Trinajstić information content (AvgIpc) is 2.61. The van der Waals surface area contributed by atoms with Crippen molar-refractivity contribution in [1.29, 1.82) is 0 Å². The third-order valence-corrected chi connectivity index (χ3v) is 3.35. The molecular weight excluding hydrogens is 282 g/mol. The van der Waals surface area contributed by atoms with Crippen molar-refractivity contribution in [2.75, 3.05) is 31.6 Å². The van der Waals surface area contributed by atoms with Gasteiger partial charge >= 0.3 is 0 Å². The van der Waals surface area contributed by atoms with E-state index in [1.54, 1.807) is 29.6 Å². The van der Waals surface area contributed by atoms with E-state index in [2.05, 4.69) is 20.3 Å². The quantitative estimate of drug-likeness (QED) is 0.905. The molecule has 1 aliphatic heterocycles. The van der Waals surface area contributed by atoms with Gasteiger partial charge in [-0.25, -0.2) is 9.97 Å². The average molecular weight is 299 g/mol. The lowest BCUT2D eigenvalue weighted by Crippen LogP contribution is -2.41. The first-order valence-electron chi connectivity index (χ1n) is 7.16. The largest absolute Gasteiger partial charge is 0.378 e. The van der Waals surface area contributed by atoms with E-state index in [0.29, 0.717) is 44.5 Å². The summed E-state index contributed by atoms with van der Waals surface area (Å²) < 4.78 is 5.25. The molecule has 0 aliphatic carbocycles. The van der Waals surface area contributed by atoms with Gasteiger partial charge in [-0.3, -0.25) is 9.78 Å². The van der Waals surface area contributed by atoms with E-state index in [1.165, 1.54) is 0 Å². The maximum absolute atomic E-state index is 12.4. The monoisotopic (exact) mass is 299 g/mol. The number of nitrogens with zero attached hydrogens (tertiary/aromatic N) is 4. The van der Waals surface area contributed by atoms with E-state index in [9.17, 15) is 4.79 Å². The van der Waals surface area contributed by atoms with Gasteiger partial charge < -0.3 is 15.0 Å². The number of ether oxygens (including phenoxy) is 1. The first-order chi connectivity index (χ1) is 10.8. The maximum atomic E-state index is 12.4. The lowest BCUT2D eigenvalue weighted by Gasteiger charge is -2.26. The van der Waals surface area contributed by atoms with E-state index in [-0.39, 0.29) is 5.91 Å². The fraction of sp³-hybridized carbons (Fsp3) is 0.333. The summed E-state index contributed by atoms with van der Waals surface area (Å²) in [5.41, 5.74) is 1.42. The zero-order chi connectivity index (χ0) is 15.2. The highest BCUT2D eigenvalue weighted by molar-refractivity contribution is 5.92. The van der Waals surface area contributed by atoms with Crippen LogP contribution in [0.2, 0.25) is 0 Å². The molecule has 2 aromatic rings. The number of hydrogen-bond acceptors (Lipinski definition) is 6. The number of pyridine rings is 1. The summed E-state index contributed by atoms with van der Waals surface area (Å²) in [6.45, 7) is 2.90. The summed E-state index contributed by atoms with van der Waals surface area (Å²) in [4.78, 5) is 26.6. The van der Waals surface area contributed by atoms with E-state index >= 15 is 0 Å². The van der Waals surface area contributed by atoms with Crippen molar-refractivity contribution in [3.05, 3.63) is 48.0 Å². The number of rotatable bonds is 4.